The number of likely N-dealkylation sites (tertiary alicyclic amines) is 1. The Labute approximate surface area is 148 Å². The third kappa shape index (κ3) is 4.57. The topological polar surface area (TPSA) is 51.7 Å². The van der Waals surface area contributed by atoms with Crippen LogP contribution in [0, 0.1) is 0 Å². The molecule has 0 aliphatic carbocycles. The molecule has 2 heterocycles. The summed E-state index contributed by atoms with van der Waals surface area (Å²) >= 11 is 0. The van der Waals surface area contributed by atoms with Crippen LogP contribution in [-0.2, 0) is 4.74 Å². The maximum atomic E-state index is 12.9. The van der Waals surface area contributed by atoms with Crippen LogP contribution in [0.5, 0.6) is 5.75 Å². The molecule has 0 N–H and O–H groups in total. The molecule has 0 bridgehead atoms. The Morgan fingerprint density at radius 2 is 2.20 bits per heavy atom. The highest BCUT2D eigenvalue weighted by molar-refractivity contribution is 5.94. The number of carbonyl (C=O) groups is 1. The van der Waals surface area contributed by atoms with E-state index in [1.807, 2.05) is 41.4 Å². The summed E-state index contributed by atoms with van der Waals surface area (Å²) in [7, 11) is 1.64. The Bertz CT molecular complexity index is 690. The van der Waals surface area contributed by atoms with E-state index in [0.29, 0.717) is 30.4 Å². The van der Waals surface area contributed by atoms with Crippen molar-refractivity contribution in [1.82, 2.24) is 9.88 Å². The van der Waals surface area contributed by atoms with Crippen molar-refractivity contribution in [2.75, 3.05) is 33.4 Å². The van der Waals surface area contributed by atoms with E-state index in [0.717, 1.165) is 25.9 Å². The molecule has 0 saturated carbocycles. The van der Waals surface area contributed by atoms with Crippen molar-refractivity contribution < 1.29 is 14.3 Å². The van der Waals surface area contributed by atoms with Crippen LogP contribution < -0.4 is 4.74 Å². The fraction of sp³-hybridized carbons (Fsp3) is 0.400. The van der Waals surface area contributed by atoms with Crippen LogP contribution >= 0.6 is 0 Å². The Hall–Kier alpha value is -2.40. The number of methoxy groups -OCH3 is 1. The third-order valence-electron chi connectivity index (χ3n) is 4.50. The molecule has 3 rings (SSSR count). The van der Waals surface area contributed by atoms with Gasteiger partial charge in [-0.05, 0) is 42.7 Å². The van der Waals surface area contributed by atoms with Gasteiger partial charge in [0.15, 0.2) is 0 Å². The second kappa shape index (κ2) is 8.62. The number of aromatic nitrogens is 1. The molecule has 1 amide bonds. The van der Waals surface area contributed by atoms with Crippen LogP contribution in [0.15, 0.2) is 48.8 Å². The minimum absolute atomic E-state index is 0.0609. The number of hydrogen-bond acceptors (Lipinski definition) is 4. The SMILES string of the molecule is COCCOc1cccc(C(=O)N2CCCC(c3cccnc3)C2)c1. The van der Waals surface area contributed by atoms with E-state index in [1.54, 1.807) is 13.3 Å². The Morgan fingerprint density at radius 3 is 3.00 bits per heavy atom. The average molecular weight is 340 g/mol. The lowest BCUT2D eigenvalue weighted by molar-refractivity contribution is 0.0706. The van der Waals surface area contributed by atoms with E-state index in [9.17, 15) is 4.79 Å². The molecule has 1 aliphatic rings. The quantitative estimate of drug-likeness (QED) is 0.758. The van der Waals surface area contributed by atoms with Crippen molar-refractivity contribution in [2.45, 2.75) is 18.8 Å². The molecular weight excluding hydrogens is 316 g/mol. The molecule has 5 heteroatoms. The van der Waals surface area contributed by atoms with Gasteiger partial charge >= 0.3 is 0 Å². The van der Waals surface area contributed by atoms with Gasteiger partial charge in [0.25, 0.3) is 5.91 Å². The largest absolute Gasteiger partial charge is 0.491 e. The molecule has 1 aromatic heterocycles. The number of nitrogens with zero attached hydrogens (tertiary/aromatic N) is 2. The van der Waals surface area contributed by atoms with Crippen molar-refractivity contribution in [3.63, 3.8) is 0 Å². The fourth-order valence-corrected chi connectivity index (χ4v) is 3.20. The minimum atomic E-state index is 0.0609. The number of hydrogen-bond donors (Lipinski definition) is 0. The highest BCUT2D eigenvalue weighted by atomic mass is 16.5. The highest BCUT2D eigenvalue weighted by Gasteiger charge is 2.25. The molecule has 1 unspecified atom stereocenters. The van der Waals surface area contributed by atoms with Gasteiger partial charge in [-0.15, -0.1) is 0 Å². The molecule has 1 atom stereocenters. The van der Waals surface area contributed by atoms with E-state index in [2.05, 4.69) is 11.1 Å². The molecule has 25 heavy (non-hydrogen) atoms. The monoisotopic (exact) mass is 340 g/mol. The fourth-order valence-electron chi connectivity index (χ4n) is 3.20. The van der Waals surface area contributed by atoms with Crippen molar-refractivity contribution in [3.8, 4) is 5.75 Å². The van der Waals surface area contributed by atoms with E-state index < -0.39 is 0 Å². The summed E-state index contributed by atoms with van der Waals surface area (Å²) in [5.41, 5.74) is 1.87. The van der Waals surface area contributed by atoms with Crippen molar-refractivity contribution in [3.05, 3.63) is 59.9 Å². The number of pyridine rings is 1. The summed E-state index contributed by atoms with van der Waals surface area (Å²) < 4.78 is 10.6. The van der Waals surface area contributed by atoms with Gasteiger partial charge < -0.3 is 14.4 Å². The van der Waals surface area contributed by atoms with Gasteiger partial charge in [-0.1, -0.05) is 12.1 Å². The van der Waals surface area contributed by atoms with Crippen molar-refractivity contribution in [2.24, 2.45) is 0 Å². The maximum absolute atomic E-state index is 12.9. The van der Waals surface area contributed by atoms with Gasteiger partial charge in [-0.25, -0.2) is 0 Å². The van der Waals surface area contributed by atoms with Gasteiger partial charge in [-0.3, -0.25) is 9.78 Å². The van der Waals surface area contributed by atoms with Gasteiger partial charge in [0.1, 0.15) is 12.4 Å². The Morgan fingerprint density at radius 1 is 1.28 bits per heavy atom. The Balaban J connectivity index is 1.67. The Kier molecular flexibility index (Phi) is 6.01. The number of amides is 1. The zero-order valence-electron chi connectivity index (χ0n) is 14.6. The number of benzene rings is 1. The third-order valence-corrected chi connectivity index (χ3v) is 4.50. The molecule has 132 valence electrons. The number of piperidine rings is 1. The lowest BCUT2D eigenvalue weighted by Crippen LogP contribution is -2.39. The molecule has 2 aromatic rings. The molecule has 1 fully saturated rings. The molecule has 1 aliphatic heterocycles. The van der Waals surface area contributed by atoms with E-state index in [4.69, 9.17) is 9.47 Å². The van der Waals surface area contributed by atoms with E-state index >= 15 is 0 Å². The summed E-state index contributed by atoms with van der Waals surface area (Å²) in [6.07, 6.45) is 5.79. The average Bonchev–Trinajstić information content (AvgIpc) is 2.69. The lowest BCUT2D eigenvalue weighted by Gasteiger charge is -2.33. The van der Waals surface area contributed by atoms with Gasteiger partial charge in [0, 0.05) is 44.1 Å². The van der Waals surface area contributed by atoms with E-state index in [1.165, 1.54) is 5.56 Å². The first-order chi connectivity index (χ1) is 12.3. The van der Waals surface area contributed by atoms with E-state index in [-0.39, 0.29) is 5.91 Å². The molecule has 0 spiro atoms. The summed E-state index contributed by atoms with van der Waals surface area (Å²) in [6, 6.07) is 11.4. The van der Waals surface area contributed by atoms with Gasteiger partial charge in [-0.2, -0.15) is 0 Å². The summed E-state index contributed by atoms with van der Waals surface area (Å²) in [4.78, 5) is 19.0. The molecule has 1 saturated heterocycles. The second-order valence-electron chi connectivity index (χ2n) is 6.25. The van der Waals surface area contributed by atoms with Crippen LogP contribution in [0.4, 0.5) is 0 Å². The highest BCUT2D eigenvalue weighted by Crippen LogP contribution is 2.27. The van der Waals surface area contributed by atoms with Gasteiger partial charge in [0.05, 0.1) is 6.61 Å². The predicted octanol–water partition coefficient (Wildman–Crippen LogP) is 3.13. The first-order valence-corrected chi connectivity index (χ1v) is 8.69. The summed E-state index contributed by atoms with van der Waals surface area (Å²) in [5, 5.41) is 0. The minimum Gasteiger partial charge on any atom is -0.491 e. The summed E-state index contributed by atoms with van der Waals surface area (Å²) in [6.45, 7) is 2.53. The molecule has 0 radical (unpaired) electrons. The van der Waals surface area contributed by atoms with Gasteiger partial charge in [0.2, 0.25) is 0 Å². The van der Waals surface area contributed by atoms with Crippen LogP contribution in [0.1, 0.15) is 34.7 Å². The first kappa shape index (κ1) is 17.4. The first-order valence-electron chi connectivity index (χ1n) is 8.69. The number of ether oxygens (including phenoxy) is 2. The second-order valence-corrected chi connectivity index (χ2v) is 6.25. The molecule has 1 aromatic carbocycles. The predicted molar refractivity (Wildman–Crippen MR) is 95.9 cm³/mol. The number of rotatable bonds is 6. The molecule has 5 nitrogen and oxygen atoms in total. The lowest BCUT2D eigenvalue weighted by atomic mass is 9.91. The van der Waals surface area contributed by atoms with Crippen LogP contribution in [-0.4, -0.2) is 49.2 Å². The standard InChI is InChI=1S/C20H24N2O3/c1-24-11-12-25-19-8-2-5-16(13-19)20(23)22-10-4-7-18(15-22)17-6-3-9-21-14-17/h2-3,5-6,8-9,13-14,18H,4,7,10-12,15H2,1H3. The number of carbonyl (C=O) groups excluding carboxylic acids is 1. The maximum Gasteiger partial charge on any atom is 0.254 e. The normalized spacial score (nSPS) is 17.3. The van der Waals surface area contributed by atoms with Crippen molar-refractivity contribution >= 4 is 5.91 Å². The van der Waals surface area contributed by atoms with Crippen LogP contribution in [0.25, 0.3) is 0 Å². The van der Waals surface area contributed by atoms with Crippen molar-refractivity contribution in [1.29, 1.82) is 0 Å². The smallest absolute Gasteiger partial charge is 0.254 e. The van der Waals surface area contributed by atoms with Crippen LogP contribution in [0.3, 0.4) is 0 Å². The zero-order valence-corrected chi connectivity index (χ0v) is 14.6. The zero-order chi connectivity index (χ0) is 17.5. The molecular formula is C20H24N2O3. The van der Waals surface area contributed by atoms with Crippen LogP contribution in [0.2, 0.25) is 0 Å². The summed E-state index contributed by atoms with van der Waals surface area (Å²) in [5.74, 6) is 1.11.